The van der Waals surface area contributed by atoms with Crippen LogP contribution in [0.4, 0.5) is 0 Å². The van der Waals surface area contributed by atoms with E-state index < -0.39 is 0 Å². The largest absolute Gasteiger partial charge is 0.161 e. The predicted molar refractivity (Wildman–Crippen MR) is 80.5 cm³/mol. The van der Waals surface area contributed by atoms with Gasteiger partial charge in [0.1, 0.15) is 0 Å². The Morgan fingerprint density at radius 3 is 2.53 bits per heavy atom. The molecule has 0 spiro atoms. The third kappa shape index (κ3) is 4.64. The van der Waals surface area contributed by atoms with Crippen LogP contribution < -0.4 is 0 Å². The van der Waals surface area contributed by atoms with Gasteiger partial charge in [-0.3, -0.25) is 0 Å². The molecular formula is C11H20S4. The Morgan fingerprint density at radius 2 is 1.60 bits per heavy atom. The number of thioether (sulfide) groups is 2. The summed E-state index contributed by atoms with van der Waals surface area (Å²) < 4.78 is 0. The van der Waals surface area contributed by atoms with E-state index in [0.717, 1.165) is 10.5 Å². The maximum atomic E-state index is 2.27. The maximum absolute atomic E-state index is 2.27. The van der Waals surface area contributed by atoms with Crippen LogP contribution >= 0.6 is 45.1 Å². The standard InChI is InChI=1S/C11H20S4/c1-2-5-11-10(4-1)13-7-3-6-12-8-9-14-15-11/h10-11H,1-9H2/t10-,11-/m1/s1. The molecule has 1 heterocycles. The lowest BCUT2D eigenvalue weighted by atomic mass is 10.00. The van der Waals surface area contributed by atoms with Gasteiger partial charge in [-0.25, -0.2) is 0 Å². The van der Waals surface area contributed by atoms with E-state index in [9.17, 15) is 0 Å². The van der Waals surface area contributed by atoms with Crippen molar-refractivity contribution in [3.8, 4) is 0 Å². The van der Waals surface area contributed by atoms with Gasteiger partial charge < -0.3 is 0 Å². The SMILES string of the molecule is C1CSCCSS[C@@H]2CCCC[C@H]2SC1. The molecule has 0 radical (unpaired) electrons. The van der Waals surface area contributed by atoms with E-state index in [4.69, 9.17) is 0 Å². The third-order valence-electron chi connectivity index (χ3n) is 2.91. The normalized spacial score (nSPS) is 35.2. The van der Waals surface area contributed by atoms with Crippen LogP contribution in [0.15, 0.2) is 0 Å². The molecule has 0 nitrogen and oxygen atoms in total. The van der Waals surface area contributed by atoms with E-state index in [2.05, 4.69) is 45.1 Å². The number of rotatable bonds is 0. The van der Waals surface area contributed by atoms with Crippen LogP contribution in [-0.4, -0.2) is 33.5 Å². The molecule has 1 saturated heterocycles. The van der Waals surface area contributed by atoms with Gasteiger partial charge in [0, 0.05) is 22.0 Å². The summed E-state index contributed by atoms with van der Waals surface area (Å²) in [6.45, 7) is 0. The number of hydrogen-bond acceptors (Lipinski definition) is 4. The van der Waals surface area contributed by atoms with Crippen LogP contribution in [0, 0.1) is 0 Å². The maximum Gasteiger partial charge on any atom is 0.0270 e. The van der Waals surface area contributed by atoms with Gasteiger partial charge in [0.05, 0.1) is 0 Å². The molecule has 0 unspecified atom stereocenters. The molecule has 0 N–H and O–H groups in total. The monoisotopic (exact) mass is 280 g/mol. The number of fused-ring (bicyclic) bond motifs is 1. The molecule has 4 heteroatoms. The Bertz CT molecular complexity index is 156. The minimum atomic E-state index is 0.955. The lowest BCUT2D eigenvalue weighted by molar-refractivity contribution is 0.529. The highest BCUT2D eigenvalue weighted by molar-refractivity contribution is 8.77. The van der Waals surface area contributed by atoms with Crippen LogP contribution in [0.25, 0.3) is 0 Å². The summed E-state index contributed by atoms with van der Waals surface area (Å²) >= 11 is 4.41. The Kier molecular flexibility index (Phi) is 6.57. The van der Waals surface area contributed by atoms with E-state index in [1.54, 1.807) is 0 Å². The first-order valence-electron chi connectivity index (χ1n) is 5.94. The summed E-state index contributed by atoms with van der Waals surface area (Å²) in [7, 11) is 4.32. The highest BCUT2D eigenvalue weighted by Crippen LogP contribution is 2.41. The highest BCUT2D eigenvalue weighted by atomic mass is 33.1. The molecule has 88 valence electrons. The first-order valence-corrected chi connectivity index (χ1v) is 10.5. The summed E-state index contributed by atoms with van der Waals surface area (Å²) in [5.74, 6) is 5.50. The lowest BCUT2D eigenvalue weighted by Gasteiger charge is -2.30. The van der Waals surface area contributed by atoms with Gasteiger partial charge in [0.2, 0.25) is 0 Å². The molecule has 1 aliphatic carbocycles. The van der Waals surface area contributed by atoms with Gasteiger partial charge in [0.25, 0.3) is 0 Å². The molecule has 1 aliphatic heterocycles. The van der Waals surface area contributed by atoms with Crippen molar-refractivity contribution in [1.82, 2.24) is 0 Å². The quantitative estimate of drug-likeness (QED) is 0.597. The molecule has 2 rings (SSSR count). The molecule has 1 saturated carbocycles. The zero-order chi connectivity index (χ0) is 10.3. The second kappa shape index (κ2) is 7.67. The van der Waals surface area contributed by atoms with Crippen molar-refractivity contribution >= 4 is 45.1 Å². The summed E-state index contributed by atoms with van der Waals surface area (Å²) in [6.07, 6.45) is 7.34. The second-order valence-electron chi connectivity index (χ2n) is 4.12. The summed E-state index contributed by atoms with van der Waals surface area (Å²) in [4.78, 5) is 0. The van der Waals surface area contributed by atoms with E-state index in [1.807, 2.05) is 0 Å². The average molecular weight is 281 g/mol. The zero-order valence-corrected chi connectivity index (χ0v) is 12.4. The van der Waals surface area contributed by atoms with Crippen LogP contribution in [-0.2, 0) is 0 Å². The summed E-state index contributed by atoms with van der Waals surface area (Å²) in [5, 5.41) is 1.93. The van der Waals surface area contributed by atoms with Crippen molar-refractivity contribution in [3.63, 3.8) is 0 Å². The fraction of sp³-hybridized carbons (Fsp3) is 1.00. The zero-order valence-electron chi connectivity index (χ0n) is 9.15. The molecule has 0 amide bonds. The molecule has 15 heavy (non-hydrogen) atoms. The van der Waals surface area contributed by atoms with E-state index in [0.29, 0.717) is 0 Å². The van der Waals surface area contributed by atoms with Crippen molar-refractivity contribution in [1.29, 1.82) is 0 Å². The molecule has 0 aromatic carbocycles. The third-order valence-corrected chi connectivity index (χ3v) is 8.90. The molecule has 2 atom stereocenters. The molecule has 2 aliphatic rings. The molecular weight excluding hydrogens is 260 g/mol. The summed E-state index contributed by atoms with van der Waals surface area (Å²) in [5.41, 5.74) is 0. The van der Waals surface area contributed by atoms with Gasteiger partial charge in [-0.05, 0) is 30.8 Å². The van der Waals surface area contributed by atoms with Gasteiger partial charge >= 0.3 is 0 Å². The first-order chi connectivity index (χ1) is 7.47. The minimum Gasteiger partial charge on any atom is -0.161 e. The van der Waals surface area contributed by atoms with Crippen molar-refractivity contribution in [3.05, 3.63) is 0 Å². The fourth-order valence-electron chi connectivity index (χ4n) is 2.09. The van der Waals surface area contributed by atoms with Crippen LogP contribution in [0.2, 0.25) is 0 Å². The van der Waals surface area contributed by atoms with E-state index in [1.165, 1.54) is 55.1 Å². The van der Waals surface area contributed by atoms with Crippen LogP contribution in [0.3, 0.4) is 0 Å². The van der Waals surface area contributed by atoms with Gasteiger partial charge in [-0.1, -0.05) is 34.4 Å². The predicted octanol–water partition coefficient (Wildman–Crippen LogP) is 4.55. The van der Waals surface area contributed by atoms with Crippen molar-refractivity contribution in [2.45, 2.75) is 42.6 Å². The van der Waals surface area contributed by atoms with Gasteiger partial charge in [-0.15, -0.1) is 0 Å². The van der Waals surface area contributed by atoms with Gasteiger partial charge in [0.15, 0.2) is 0 Å². The van der Waals surface area contributed by atoms with Crippen LogP contribution in [0.5, 0.6) is 0 Å². The fourth-order valence-corrected chi connectivity index (χ4v) is 8.39. The topological polar surface area (TPSA) is 0 Å². The minimum absolute atomic E-state index is 0.955. The Balaban J connectivity index is 1.83. The van der Waals surface area contributed by atoms with Gasteiger partial charge in [-0.2, -0.15) is 23.5 Å². The average Bonchev–Trinajstić information content (AvgIpc) is 2.32. The molecule has 0 aromatic heterocycles. The van der Waals surface area contributed by atoms with E-state index in [-0.39, 0.29) is 0 Å². The smallest absolute Gasteiger partial charge is 0.0270 e. The highest BCUT2D eigenvalue weighted by Gasteiger charge is 2.26. The molecule has 0 bridgehead atoms. The first kappa shape index (κ1) is 12.8. The molecule has 2 fully saturated rings. The van der Waals surface area contributed by atoms with E-state index >= 15 is 0 Å². The summed E-state index contributed by atoms with van der Waals surface area (Å²) in [6, 6.07) is 0. The second-order valence-corrected chi connectivity index (χ2v) is 9.41. The number of hydrogen-bond donors (Lipinski definition) is 0. The lowest BCUT2D eigenvalue weighted by Crippen LogP contribution is -2.24. The van der Waals surface area contributed by atoms with Crippen molar-refractivity contribution in [2.24, 2.45) is 0 Å². The van der Waals surface area contributed by atoms with Crippen LogP contribution in [0.1, 0.15) is 32.1 Å². The Hall–Kier alpha value is 1.40. The van der Waals surface area contributed by atoms with Crippen molar-refractivity contribution in [2.75, 3.05) is 23.0 Å². The Morgan fingerprint density at radius 1 is 0.733 bits per heavy atom. The molecule has 0 aromatic rings. The van der Waals surface area contributed by atoms with Crippen molar-refractivity contribution < 1.29 is 0 Å². The Labute approximate surface area is 110 Å².